The van der Waals surface area contributed by atoms with Gasteiger partial charge in [0.15, 0.2) is 0 Å². The largest absolute Gasteiger partial charge is 0.293 e. The lowest BCUT2D eigenvalue weighted by atomic mass is 10.1. The first-order chi connectivity index (χ1) is 11.7. The third-order valence-corrected chi connectivity index (χ3v) is 6.06. The minimum Gasteiger partial charge on any atom is -0.293 e. The molecule has 0 unspecified atom stereocenters. The van der Waals surface area contributed by atoms with Crippen molar-refractivity contribution in [3.05, 3.63) is 57.6 Å². The van der Waals surface area contributed by atoms with Crippen LogP contribution in [0.1, 0.15) is 11.1 Å². The monoisotopic (exact) mass is 401 g/mol. The molecule has 2 aromatic rings. The molecule has 0 aliphatic rings. The summed E-state index contributed by atoms with van der Waals surface area (Å²) in [5.74, 6) is 4.48. The molecule has 3 N–H and O–H groups in total. The Labute approximate surface area is 156 Å². The number of carbonyl (C=O) groups excluding carboxylic acids is 1. The zero-order chi connectivity index (χ0) is 18.8. The number of hydrazine groups is 1. The number of benzene rings is 2. The number of nitrogens with one attached hydrogen (secondary N) is 1. The number of rotatable bonds is 5. The van der Waals surface area contributed by atoms with Crippen molar-refractivity contribution in [2.24, 2.45) is 5.84 Å². The van der Waals surface area contributed by atoms with Crippen LogP contribution in [-0.2, 0) is 14.8 Å². The molecule has 2 aromatic carbocycles. The summed E-state index contributed by atoms with van der Waals surface area (Å²) in [4.78, 5) is 11.7. The zero-order valence-corrected chi connectivity index (χ0v) is 15.9. The van der Waals surface area contributed by atoms with Crippen LogP contribution in [0.4, 0.5) is 5.69 Å². The number of hydrogen-bond acceptors (Lipinski definition) is 4. The highest BCUT2D eigenvalue weighted by molar-refractivity contribution is 7.93. The van der Waals surface area contributed by atoms with Gasteiger partial charge in [-0.25, -0.2) is 14.3 Å². The van der Waals surface area contributed by atoms with E-state index in [1.807, 2.05) is 5.43 Å². The number of halogens is 2. The third-order valence-electron chi connectivity index (χ3n) is 3.60. The Kier molecular flexibility index (Phi) is 5.95. The van der Waals surface area contributed by atoms with E-state index in [9.17, 15) is 13.2 Å². The topological polar surface area (TPSA) is 92.5 Å². The van der Waals surface area contributed by atoms with Crippen molar-refractivity contribution in [2.45, 2.75) is 18.7 Å². The number of para-hydroxylation sites is 1. The van der Waals surface area contributed by atoms with Crippen LogP contribution in [0.2, 0.25) is 10.0 Å². The van der Waals surface area contributed by atoms with Gasteiger partial charge in [-0.2, -0.15) is 0 Å². The quantitative estimate of drug-likeness (QED) is 0.457. The highest BCUT2D eigenvalue weighted by atomic mass is 35.5. The lowest BCUT2D eigenvalue weighted by Gasteiger charge is -2.27. The van der Waals surface area contributed by atoms with E-state index < -0.39 is 22.5 Å². The van der Waals surface area contributed by atoms with Gasteiger partial charge in [-0.15, -0.1) is 0 Å². The number of nitrogens with two attached hydrogens (primary N) is 1. The van der Waals surface area contributed by atoms with E-state index in [1.54, 1.807) is 32.0 Å². The number of hydrogen-bond donors (Lipinski definition) is 2. The van der Waals surface area contributed by atoms with Crippen LogP contribution in [-0.4, -0.2) is 20.9 Å². The number of amides is 1. The Morgan fingerprint density at radius 1 is 1.16 bits per heavy atom. The average molecular weight is 402 g/mol. The lowest BCUT2D eigenvalue weighted by Crippen LogP contribution is -2.43. The van der Waals surface area contributed by atoms with E-state index in [4.69, 9.17) is 29.0 Å². The SMILES string of the molecule is Cc1cccc(C)c1N(CC(=O)NN)S(=O)(=O)c1cc(Cl)ccc1Cl. The van der Waals surface area contributed by atoms with Crippen molar-refractivity contribution in [3.8, 4) is 0 Å². The van der Waals surface area contributed by atoms with Crippen LogP contribution in [0.15, 0.2) is 41.3 Å². The molecule has 0 spiro atoms. The number of sulfonamides is 1. The molecule has 25 heavy (non-hydrogen) atoms. The van der Waals surface area contributed by atoms with Crippen molar-refractivity contribution in [1.82, 2.24) is 5.43 Å². The molecule has 0 heterocycles. The first kappa shape index (κ1) is 19.5. The number of nitrogens with zero attached hydrogens (tertiary/aromatic N) is 1. The molecule has 9 heteroatoms. The Bertz CT molecular complexity index is 897. The fraction of sp³-hybridized carbons (Fsp3) is 0.188. The molecular weight excluding hydrogens is 385 g/mol. The molecule has 0 radical (unpaired) electrons. The van der Waals surface area contributed by atoms with Crippen LogP contribution in [0.25, 0.3) is 0 Å². The summed E-state index contributed by atoms with van der Waals surface area (Å²) in [5, 5.41) is 0.224. The number of anilines is 1. The van der Waals surface area contributed by atoms with E-state index in [2.05, 4.69) is 0 Å². The first-order valence-corrected chi connectivity index (χ1v) is 9.41. The molecular formula is C16H17Cl2N3O3S. The van der Waals surface area contributed by atoms with Crippen molar-refractivity contribution < 1.29 is 13.2 Å². The van der Waals surface area contributed by atoms with Crippen molar-refractivity contribution in [1.29, 1.82) is 0 Å². The van der Waals surface area contributed by atoms with Crippen molar-refractivity contribution in [2.75, 3.05) is 10.8 Å². The second kappa shape index (κ2) is 7.61. The summed E-state index contributed by atoms with van der Waals surface area (Å²) in [6, 6.07) is 9.44. The molecule has 1 amide bonds. The Hall–Kier alpha value is -1.80. The summed E-state index contributed by atoms with van der Waals surface area (Å²) in [6.45, 7) is 3.02. The summed E-state index contributed by atoms with van der Waals surface area (Å²) in [5.41, 5.74) is 3.71. The van der Waals surface area contributed by atoms with Gasteiger partial charge in [0.25, 0.3) is 15.9 Å². The summed E-state index contributed by atoms with van der Waals surface area (Å²) in [7, 11) is -4.16. The van der Waals surface area contributed by atoms with Gasteiger partial charge in [0.05, 0.1) is 10.7 Å². The molecule has 2 rings (SSSR count). The molecule has 0 aliphatic carbocycles. The Balaban J connectivity index is 2.71. The van der Waals surface area contributed by atoms with Gasteiger partial charge in [-0.05, 0) is 43.2 Å². The Morgan fingerprint density at radius 2 is 1.76 bits per heavy atom. The van der Waals surface area contributed by atoms with E-state index in [0.717, 1.165) is 4.31 Å². The van der Waals surface area contributed by atoms with Crippen LogP contribution >= 0.6 is 23.2 Å². The fourth-order valence-corrected chi connectivity index (χ4v) is 4.74. The predicted molar refractivity (Wildman–Crippen MR) is 99.2 cm³/mol. The molecule has 0 atom stereocenters. The van der Waals surface area contributed by atoms with Crippen LogP contribution in [0, 0.1) is 13.8 Å². The van der Waals surface area contributed by atoms with E-state index in [-0.39, 0.29) is 14.9 Å². The van der Waals surface area contributed by atoms with Crippen LogP contribution < -0.4 is 15.6 Å². The third kappa shape index (κ3) is 4.07. The zero-order valence-electron chi connectivity index (χ0n) is 13.6. The molecule has 0 saturated carbocycles. The van der Waals surface area contributed by atoms with Crippen LogP contribution in [0.5, 0.6) is 0 Å². The lowest BCUT2D eigenvalue weighted by molar-refractivity contribution is -0.119. The van der Waals surface area contributed by atoms with Gasteiger partial charge in [-0.3, -0.25) is 14.5 Å². The second-order valence-corrected chi connectivity index (χ2v) is 8.07. The van der Waals surface area contributed by atoms with Crippen LogP contribution in [0.3, 0.4) is 0 Å². The van der Waals surface area contributed by atoms with E-state index in [0.29, 0.717) is 16.8 Å². The highest BCUT2D eigenvalue weighted by Gasteiger charge is 2.31. The van der Waals surface area contributed by atoms with Gasteiger partial charge in [0.2, 0.25) is 0 Å². The first-order valence-electron chi connectivity index (χ1n) is 7.22. The summed E-state index contributed by atoms with van der Waals surface area (Å²) < 4.78 is 27.4. The molecule has 0 fully saturated rings. The molecule has 0 bridgehead atoms. The molecule has 134 valence electrons. The van der Waals surface area contributed by atoms with Crippen molar-refractivity contribution in [3.63, 3.8) is 0 Å². The van der Waals surface area contributed by atoms with Gasteiger partial charge < -0.3 is 0 Å². The normalized spacial score (nSPS) is 11.2. The average Bonchev–Trinajstić information content (AvgIpc) is 2.55. The van der Waals surface area contributed by atoms with E-state index in [1.165, 1.54) is 18.2 Å². The van der Waals surface area contributed by atoms with Gasteiger partial charge in [0, 0.05) is 5.02 Å². The molecule has 0 aromatic heterocycles. The Morgan fingerprint density at radius 3 is 2.32 bits per heavy atom. The maximum atomic E-state index is 13.2. The number of carbonyl (C=O) groups is 1. The second-order valence-electron chi connectivity index (χ2n) is 5.39. The van der Waals surface area contributed by atoms with Gasteiger partial charge >= 0.3 is 0 Å². The minimum absolute atomic E-state index is 0.00814. The predicted octanol–water partition coefficient (Wildman–Crippen LogP) is 2.80. The molecule has 0 saturated heterocycles. The standard InChI is InChI=1S/C16H17Cl2N3O3S/c1-10-4-3-5-11(2)16(10)21(9-15(22)20-19)25(23,24)14-8-12(17)6-7-13(14)18/h3-8H,9,19H2,1-2H3,(H,20,22). The van der Waals surface area contributed by atoms with Gasteiger partial charge in [-0.1, -0.05) is 41.4 Å². The number of aryl methyl sites for hydroxylation is 2. The highest BCUT2D eigenvalue weighted by Crippen LogP contribution is 2.33. The minimum atomic E-state index is -4.16. The van der Waals surface area contributed by atoms with Gasteiger partial charge in [0.1, 0.15) is 11.4 Å². The maximum Gasteiger partial charge on any atom is 0.266 e. The molecule has 0 aliphatic heterocycles. The van der Waals surface area contributed by atoms with Crippen molar-refractivity contribution >= 4 is 44.8 Å². The fourth-order valence-electron chi connectivity index (χ4n) is 2.45. The summed E-state index contributed by atoms with van der Waals surface area (Å²) >= 11 is 12.0. The molecule has 6 nitrogen and oxygen atoms in total. The smallest absolute Gasteiger partial charge is 0.266 e. The summed E-state index contributed by atoms with van der Waals surface area (Å²) in [6.07, 6.45) is 0. The maximum absolute atomic E-state index is 13.2. The van der Waals surface area contributed by atoms with E-state index >= 15 is 0 Å².